The second-order valence-electron chi connectivity index (χ2n) is 5.60. The number of halogens is 3. The molecule has 26 heavy (non-hydrogen) atoms. The molecule has 0 saturated heterocycles. The Hall–Kier alpha value is -2.48. The van der Waals surface area contributed by atoms with E-state index in [9.17, 15) is 18.4 Å². The van der Waals surface area contributed by atoms with Gasteiger partial charge in [-0.15, -0.1) is 0 Å². The van der Waals surface area contributed by atoms with E-state index in [0.717, 1.165) is 16.6 Å². The highest BCUT2D eigenvalue weighted by Crippen LogP contribution is 2.16. The summed E-state index contributed by atoms with van der Waals surface area (Å²) in [5.74, 6) is -2.21. The lowest BCUT2D eigenvalue weighted by Crippen LogP contribution is -2.34. The van der Waals surface area contributed by atoms with Crippen molar-refractivity contribution >= 4 is 33.6 Å². The normalized spacial score (nSPS) is 11.5. The van der Waals surface area contributed by atoms with Gasteiger partial charge in [0.1, 0.15) is 0 Å². The Kier molecular flexibility index (Phi) is 7.08. The maximum Gasteiger partial charge on any atom is 0.319 e. The van der Waals surface area contributed by atoms with Crippen molar-refractivity contribution in [1.29, 1.82) is 0 Å². The second kappa shape index (κ2) is 9.28. The molecule has 0 heterocycles. The first-order chi connectivity index (χ1) is 12.3. The first-order valence-corrected chi connectivity index (χ1v) is 8.69. The lowest BCUT2D eigenvalue weighted by molar-refractivity contribution is -0.121. The topological polar surface area (TPSA) is 70.2 Å². The molecule has 0 radical (unpaired) electrons. The van der Waals surface area contributed by atoms with Gasteiger partial charge in [-0.25, -0.2) is 13.6 Å². The number of hydrogen-bond donors (Lipinski definition) is 3. The van der Waals surface area contributed by atoms with E-state index in [1.165, 1.54) is 6.07 Å². The Morgan fingerprint density at radius 2 is 1.77 bits per heavy atom. The lowest BCUT2D eigenvalue weighted by Gasteiger charge is -2.15. The van der Waals surface area contributed by atoms with Crippen molar-refractivity contribution in [2.45, 2.75) is 19.4 Å². The van der Waals surface area contributed by atoms with Gasteiger partial charge in [0.15, 0.2) is 11.6 Å². The number of carbonyl (C=O) groups excluding carboxylic acids is 2. The third-order valence-electron chi connectivity index (χ3n) is 3.56. The van der Waals surface area contributed by atoms with E-state index in [1.807, 2.05) is 0 Å². The second-order valence-corrected chi connectivity index (χ2v) is 6.52. The molecule has 0 fully saturated rings. The average molecular weight is 426 g/mol. The van der Waals surface area contributed by atoms with Crippen LogP contribution in [-0.4, -0.2) is 18.5 Å². The number of anilines is 1. The molecule has 0 unspecified atom stereocenters. The number of hydrogen-bond acceptors (Lipinski definition) is 2. The summed E-state index contributed by atoms with van der Waals surface area (Å²) < 4.78 is 27.1. The van der Waals surface area contributed by atoms with Crippen molar-refractivity contribution in [1.82, 2.24) is 10.6 Å². The number of nitrogens with one attached hydrogen (secondary N) is 3. The van der Waals surface area contributed by atoms with Crippen LogP contribution in [0.4, 0.5) is 19.3 Å². The Bertz CT molecular complexity index is 785. The van der Waals surface area contributed by atoms with Crippen molar-refractivity contribution in [3.63, 3.8) is 0 Å². The maximum atomic E-state index is 13.2. The molecule has 3 amide bonds. The van der Waals surface area contributed by atoms with Crippen LogP contribution in [0.25, 0.3) is 0 Å². The molecule has 0 aliphatic heterocycles. The Morgan fingerprint density at radius 3 is 2.42 bits per heavy atom. The molecule has 5 nitrogen and oxygen atoms in total. The minimum absolute atomic E-state index is 0.0573. The smallest absolute Gasteiger partial charge is 0.319 e. The number of benzene rings is 2. The predicted octanol–water partition coefficient (Wildman–Crippen LogP) is 4.12. The van der Waals surface area contributed by atoms with Crippen molar-refractivity contribution in [3.05, 3.63) is 64.1 Å². The van der Waals surface area contributed by atoms with E-state index in [0.29, 0.717) is 11.3 Å². The molecule has 138 valence electrons. The number of urea groups is 1. The molecule has 8 heteroatoms. The molecule has 2 aromatic rings. The van der Waals surface area contributed by atoms with E-state index in [4.69, 9.17) is 0 Å². The number of amides is 3. The fourth-order valence-corrected chi connectivity index (χ4v) is 2.44. The van der Waals surface area contributed by atoms with Gasteiger partial charge in [0.2, 0.25) is 5.91 Å². The van der Waals surface area contributed by atoms with Crippen molar-refractivity contribution < 1.29 is 18.4 Å². The van der Waals surface area contributed by atoms with Crippen LogP contribution in [0.3, 0.4) is 0 Å². The van der Waals surface area contributed by atoms with Crippen LogP contribution >= 0.6 is 15.9 Å². The van der Waals surface area contributed by atoms with Gasteiger partial charge in [-0.1, -0.05) is 22.0 Å². The zero-order valence-electron chi connectivity index (χ0n) is 14.0. The number of rotatable bonds is 6. The Balaban J connectivity index is 1.73. The highest BCUT2D eigenvalue weighted by molar-refractivity contribution is 9.10. The first-order valence-electron chi connectivity index (χ1n) is 7.90. The molecule has 1 atom stereocenters. The highest BCUT2D eigenvalue weighted by Gasteiger charge is 2.12. The maximum absolute atomic E-state index is 13.2. The highest BCUT2D eigenvalue weighted by atomic mass is 79.9. The lowest BCUT2D eigenvalue weighted by atomic mass is 10.1. The fourth-order valence-electron chi connectivity index (χ4n) is 2.18. The third kappa shape index (κ3) is 6.11. The van der Waals surface area contributed by atoms with Crippen LogP contribution in [0.1, 0.15) is 24.9 Å². The van der Waals surface area contributed by atoms with Gasteiger partial charge in [-0.3, -0.25) is 4.79 Å². The molecule has 0 aromatic heterocycles. The van der Waals surface area contributed by atoms with Crippen LogP contribution in [0.5, 0.6) is 0 Å². The molecule has 0 aliphatic rings. The summed E-state index contributed by atoms with van der Waals surface area (Å²) >= 11 is 3.30. The monoisotopic (exact) mass is 425 g/mol. The van der Waals surface area contributed by atoms with E-state index in [2.05, 4.69) is 31.9 Å². The van der Waals surface area contributed by atoms with E-state index in [-0.39, 0.29) is 18.9 Å². The van der Waals surface area contributed by atoms with Gasteiger partial charge in [0, 0.05) is 23.1 Å². The molecule has 0 saturated carbocycles. The zero-order chi connectivity index (χ0) is 19.1. The molecule has 2 rings (SSSR count). The number of carbonyl (C=O) groups is 2. The molecule has 0 spiro atoms. The van der Waals surface area contributed by atoms with Gasteiger partial charge in [0.25, 0.3) is 0 Å². The summed E-state index contributed by atoms with van der Waals surface area (Å²) in [5.41, 5.74) is 1.08. The van der Waals surface area contributed by atoms with Crippen LogP contribution in [-0.2, 0) is 4.79 Å². The minimum atomic E-state index is -0.963. The standard InChI is InChI=1S/C18H18BrF2N3O2/c1-11(12-2-7-15(20)16(21)10-12)23-17(25)8-9-22-18(26)24-14-5-3-13(19)4-6-14/h2-7,10-11H,8-9H2,1H3,(H,23,25)(H2,22,24,26)/t11-/m1/s1. The van der Waals surface area contributed by atoms with Crippen LogP contribution < -0.4 is 16.0 Å². The van der Waals surface area contributed by atoms with Crippen molar-refractivity contribution in [2.24, 2.45) is 0 Å². The van der Waals surface area contributed by atoms with Crippen LogP contribution in [0.2, 0.25) is 0 Å². The average Bonchev–Trinajstić information content (AvgIpc) is 2.59. The third-order valence-corrected chi connectivity index (χ3v) is 4.09. The molecular formula is C18H18BrF2N3O2. The van der Waals surface area contributed by atoms with E-state index in [1.54, 1.807) is 31.2 Å². The first kappa shape index (κ1) is 19.8. The summed E-state index contributed by atoms with van der Waals surface area (Å²) in [6.45, 7) is 1.80. The van der Waals surface area contributed by atoms with Crippen LogP contribution in [0, 0.1) is 11.6 Å². The molecule has 0 aliphatic carbocycles. The van der Waals surface area contributed by atoms with Gasteiger partial charge in [0.05, 0.1) is 6.04 Å². The summed E-state index contributed by atoms with van der Waals surface area (Å²) in [4.78, 5) is 23.6. The largest absolute Gasteiger partial charge is 0.350 e. The zero-order valence-corrected chi connectivity index (χ0v) is 15.6. The molecule has 0 bridgehead atoms. The molecule has 3 N–H and O–H groups in total. The Morgan fingerprint density at radius 1 is 1.08 bits per heavy atom. The SMILES string of the molecule is C[C@@H](NC(=O)CCNC(=O)Nc1ccc(Br)cc1)c1ccc(F)c(F)c1. The van der Waals surface area contributed by atoms with Crippen molar-refractivity contribution in [3.8, 4) is 0 Å². The predicted molar refractivity (Wildman–Crippen MR) is 98.7 cm³/mol. The summed E-state index contributed by atoms with van der Waals surface area (Å²) in [6.07, 6.45) is 0.0573. The molecular weight excluding hydrogens is 408 g/mol. The fraction of sp³-hybridized carbons (Fsp3) is 0.222. The van der Waals surface area contributed by atoms with Crippen molar-refractivity contribution in [2.75, 3.05) is 11.9 Å². The van der Waals surface area contributed by atoms with Crippen LogP contribution in [0.15, 0.2) is 46.9 Å². The molecule has 2 aromatic carbocycles. The summed E-state index contributed by atoms with van der Waals surface area (Å²) in [6, 6.07) is 9.63. The van der Waals surface area contributed by atoms with Gasteiger partial charge in [-0.2, -0.15) is 0 Å². The van der Waals surface area contributed by atoms with E-state index >= 15 is 0 Å². The quantitative estimate of drug-likeness (QED) is 0.651. The Labute approximate surface area is 158 Å². The van der Waals surface area contributed by atoms with Gasteiger partial charge < -0.3 is 16.0 Å². The summed E-state index contributed by atoms with van der Waals surface area (Å²) in [5, 5.41) is 7.88. The minimum Gasteiger partial charge on any atom is -0.350 e. The van der Waals surface area contributed by atoms with E-state index < -0.39 is 23.7 Å². The van der Waals surface area contributed by atoms with Gasteiger partial charge >= 0.3 is 6.03 Å². The van der Waals surface area contributed by atoms with Gasteiger partial charge in [-0.05, 0) is 48.9 Å². The summed E-state index contributed by atoms with van der Waals surface area (Å²) in [7, 11) is 0.